The predicted molar refractivity (Wildman–Crippen MR) is 118 cm³/mol. The van der Waals surface area contributed by atoms with E-state index in [1.54, 1.807) is 30.1 Å². The summed E-state index contributed by atoms with van der Waals surface area (Å²) in [4.78, 5) is 19.7. The van der Waals surface area contributed by atoms with Gasteiger partial charge in [-0.25, -0.2) is 9.37 Å². The minimum atomic E-state index is -0.433. The second-order valence-electron chi connectivity index (χ2n) is 7.10. The Morgan fingerprint density at radius 2 is 2.13 bits per heavy atom. The van der Waals surface area contributed by atoms with Crippen LogP contribution in [0.15, 0.2) is 49.4 Å². The fraction of sp³-hybridized carbons (Fsp3) is 0.174. The number of aromatic nitrogens is 4. The number of H-pyrrole nitrogens is 1. The lowest BCUT2D eigenvalue weighted by molar-refractivity contribution is -0.111. The molecular formula is C23H22FN5O2. The number of carbonyl (C=O) groups is 1. The van der Waals surface area contributed by atoms with Crippen molar-refractivity contribution in [3.8, 4) is 28.1 Å². The van der Waals surface area contributed by atoms with Gasteiger partial charge in [-0.3, -0.25) is 9.48 Å². The van der Waals surface area contributed by atoms with Crippen molar-refractivity contribution >= 4 is 22.6 Å². The number of rotatable bonds is 6. The number of ether oxygens (including phenoxy) is 1. The SMILES string of the molecule is C=CC(=O)Nc1cc(-c2c(-c3cnn(C)c3)[nH]c3ncc(OCC)cc23)cc(F)c1C. The van der Waals surface area contributed by atoms with Gasteiger partial charge in [0.1, 0.15) is 17.2 Å². The summed E-state index contributed by atoms with van der Waals surface area (Å²) in [6.07, 6.45) is 6.38. The quantitative estimate of drug-likeness (QED) is 0.447. The molecule has 4 aromatic rings. The smallest absolute Gasteiger partial charge is 0.247 e. The molecule has 0 spiro atoms. The van der Waals surface area contributed by atoms with Crippen LogP contribution < -0.4 is 10.1 Å². The molecule has 0 aliphatic rings. The third kappa shape index (κ3) is 3.79. The number of amides is 1. The molecule has 3 aromatic heterocycles. The molecule has 0 saturated heterocycles. The fourth-order valence-corrected chi connectivity index (χ4v) is 3.50. The maximum Gasteiger partial charge on any atom is 0.247 e. The van der Waals surface area contributed by atoms with Crippen molar-refractivity contribution in [1.82, 2.24) is 19.7 Å². The molecule has 0 fully saturated rings. The zero-order chi connectivity index (χ0) is 22.1. The average Bonchev–Trinajstić information content (AvgIpc) is 3.34. The van der Waals surface area contributed by atoms with E-state index < -0.39 is 11.7 Å². The Morgan fingerprint density at radius 1 is 1.32 bits per heavy atom. The van der Waals surface area contributed by atoms with Crippen LogP contribution in [0.5, 0.6) is 5.75 Å². The summed E-state index contributed by atoms with van der Waals surface area (Å²) in [6, 6.07) is 5.07. The monoisotopic (exact) mass is 419 g/mol. The van der Waals surface area contributed by atoms with Crippen molar-refractivity contribution in [3.63, 3.8) is 0 Å². The normalized spacial score (nSPS) is 11.0. The number of anilines is 1. The van der Waals surface area contributed by atoms with Crippen LogP contribution in [0.4, 0.5) is 10.1 Å². The first kappa shape index (κ1) is 20.3. The van der Waals surface area contributed by atoms with Crippen LogP contribution in [0.2, 0.25) is 0 Å². The third-order valence-electron chi connectivity index (χ3n) is 5.01. The Labute approximate surface area is 178 Å². The van der Waals surface area contributed by atoms with Crippen molar-refractivity contribution < 1.29 is 13.9 Å². The number of aryl methyl sites for hydroxylation is 1. The first-order chi connectivity index (χ1) is 14.9. The number of carbonyl (C=O) groups excluding carboxylic acids is 1. The van der Waals surface area contributed by atoms with E-state index in [4.69, 9.17) is 4.74 Å². The summed E-state index contributed by atoms with van der Waals surface area (Å²) in [5.41, 5.74) is 4.25. The standard InChI is InChI=1S/C23H22FN5O2/c1-5-20(30)27-19-8-14(7-18(24)13(19)3)21-17-9-16(31-6-2)11-25-23(17)28-22(21)15-10-26-29(4)12-15/h5,7-12H,1,6H2,2-4H3,(H,25,28)(H,27,30). The largest absolute Gasteiger partial charge is 0.492 e. The molecule has 31 heavy (non-hydrogen) atoms. The number of nitrogens with one attached hydrogen (secondary N) is 2. The molecule has 0 aliphatic carbocycles. The highest BCUT2D eigenvalue weighted by atomic mass is 19.1. The van der Waals surface area contributed by atoms with Gasteiger partial charge in [0.15, 0.2) is 0 Å². The van der Waals surface area contributed by atoms with E-state index in [0.29, 0.717) is 34.8 Å². The topological polar surface area (TPSA) is 84.8 Å². The summed E-state index contributed by atoms with van der Waals surface area (Å²) < 4.78 is 22.2. The molecule has 3 heterocycles. The molecule has 2 N–H and O–H groups in total. The van der Waals surface area contributed by atoms with E-state index in [-0.39, 0.29) is 0 Å². The number of hydrogen-bond acceptors (Lipinski definition) is 4. The molecule has 0 saturated carbocycles. The third-order valence-corrected chi connectivity index (χ3v) is 5.01. The highest BCUT2D eigenvalue weighted by Gasteiger charge is 2.20. The highest BCUT2D eigenvalue weighted by molar-refractivity contribution is 6.04. The zero-order valence-corrected chi connectivity index (χ0v) is 17.5. The average molecular weight is 419 g/mol. The van der Waals surface area contributed by atoms with Gasteiger partial charge in [-0.15, -0.1) is 0 Å². The van der Waals surface area contributed by atoms with Crippen LogP contribution >= 0.6 is 0 Å². The molecule has 0 unspecified atom stereocenters. The van der Waals surface area contributed by atoms with Gasteiger partial charge >= 0.3 is 0 Å². The van der Waals surface area contributed by atoms with Gasteiger partial charge in [-0.1, -0.05) is 6.58 Å². The van der Waals surface area contributed by atoms with Crippen molar-refractivity contribution in [3.05, 3.63) is 60.8 Å². The van der Waals surface area contributed by atoms with Gasteiger partial charge in [0, 0.05) is 41.0 Å². The van der Waals surface area contributed by atoms with Crippen molar-refractivity contribution in [2.24, 2.45) is 7.05 Å². The van der Waals surface area contributed by atoms with E-state index >= 15 is 0 Å². The molecular weight excluding hydrogens is 397 g/mol. The Hall–Kier alpha value is -3.94. The van der Waals surface area contributed by atoms with Crippen LogP contribution in [-0.4, -0.2) is 32.3 Å². The summed E-state index contributed by atoms with van der Waals surface area (Å²) in [5, 5.41) is 7.71. The molecule has 1 aromatic carbocycles. The summed E-state index contributed by atoms with van der Waals surface area (Å²) in [7, 11) is 1.83. The highest BCUT2D eigenvalue weighted by Crippen LogP contribution is 2.40. The summed E-state index contributed by atoms with van der Waals surface area (Å²) in [6.45, 7) is 7.47. The van der Waals surface area contributed by atoms with Crippen molar-refractivity contribution in [2.75, 3.05) is 11.9 Å². The zero-order valence-electron chi connectivity index (χ0n) is 17.5. The second-order valence-corrected chi connectivity index (χ2v) is 7.10. The van der Waals surface area contributed by atoms with Crippen LogP contribution in [-0.2, 0) is 11.8 Å². The predicted octanol–water partition coefficient (Wildman–Crippen LogP) is 4.60. The molecule has 0 aliphatic heterocycles. The van der Waals surface area contributed by atoms with Crippen molar-refractivity contribution in [1.29, 1.82) is 0 Å². The van der Waals surface area contributed by atoms with Crippen LogP contribution in [0.1, 0.15) is 12.5 Å². The molecule has 4 rings (SSSR count). The van der Waals surface area contributed by atoms with Crippen LogP contribution in [0.25, 0.3) is 33.4 Å². The summed E-state index contributed by atoms with van der Waals surface area (Å²) in [5.74, 6) is -0.232. The number of aromatic amines is 1. The van der Waals surface area contributed by atoms with Crippen LogP contribution in [0, 0.1) is 12.7 Å². The summed E-state index contributed by atoms with van der Waals surface area (Å²) >= 11 is 0. The minimum absolute atomic E-state index is 0.342. The van der Waals surface area contributed by atoms with Gasteiger partial charge < -0.3 is 15.0 Å². The molecule has 8 heteroatoms. The van der Waals surface area contributed by atoms with Gasteiger partial charge in [0.25, 0.3) is 0 Å². The molecule has 0 atom stereocenters. The number of nitrogens with zero attached hydrogens (tertiary/aromatic N) is 3. The number of hydrogen-bond donors (Lipinski definition) is 2. The molecule has 158 valence electrons. The number of fused-ring (bicyclic) bond motifs is 1. The van der Waals surface area contributed by atoms with E-state index in [1.807, 2.05) is 26.2 Å². The van der Waals surface area contributed by atoms with Crippen LogP contribution in [0.3, 0.4) is 0 Å². The Kier molecular flexibility index (Phi) is 5.29. The van der Waals surface area contributed by atoms with E-state index in [2.05, 4.69) is 27.0 Å². The maximum atomic E-state index is 14.9. The lowest BCUT2D eigenvalue weighted by Gasteiger charge is -2.12. The first-order valence-electron chi connectivity index (χ1n) is 9.78. The van der Waals surface area contributed by atoms with Gasteiger partial charge in [-0.05, 0) is 43.7 Å². The van der Waals surface area contributed by atoms with Gasteiger partial charge in [0.2, 0.25) is 5.91 Å². The fourth-order valence-electron chi connectivity index (χ4n) is 3.50. The second kappa shape index (κ2) is 8.06. The lowest BCUT2D eigenvalue weighted by atomic mass is 9.98. The molecule has 0 bridgehead atoms. The lowest BCUT2D eigenvalue weighted by Crippen LogP contribution is -2.09. The number of pyridine rings is 1. The van der Waals surface area contributed by atoms with Gasteiger partial charge in [-0.2, -0.15) is 5.10 Å². The van der Waals surface area contributed by atoms with E-state index in [9.17, 15) is 9.18 Å². The van der Waals surface area contributed by atoms with Crippen molar-refractivity contribution in [2.45, 2.75) is 13.8 Å². The molecule has 7 nitrogen and oxygen atoms in total. The number of benzene rings is 1. The minimum Gasteiger partial charge on any atom is -0.492 e. The Balaban J connectivity index is 1.99. The molecule has 0 radical (unpaired) electrons. The molecule has 1 amide bonds. The van der Waals surface area contributed by atoms with Gasteiger partial charge in [0.05, 0.1) is 24.7 Å². The van der Waals surface area contributed by atoms with E-state index in [0.717, 1.165) is 28.3 Å². The first-order valence-corrected chi connectivity index (χ1v) is 9.78. The Bertz CT molecular complexity index is 1310. The number of halogens is 1. The Morgan fingerprint density at radius 3 is 2.81 bits per heavy atom. The maximum absolute atomic E-state index is 14.9. The van der Waals surface area contributed by atoms with E-state index in [1.165, 1.54) is 6.07 Å².